The summed E-state index contributed by atoms with van der Waals surface area (Å²) in [5.74, 6) is 0. The number of nitrogens with zero attached hydrogens (tertiary/aromatic N) is 4. The lowest BCUT2D eigenvalue weighted by molar-refractivity contribution is 0.569. The molecule has 1 aromatic heterocycles. The number of hydrogen-bond donors (Lipinski definition) is 0. The van der Waals surface area contributed by atoms with Crippen molar-refractivity contribution >= 4 is 96.1 Å². The molecule has 16 aromatic rings. The van der Waals surface area contributed by atoms with Crippen LogP contribution in [0, 0.1) is 0 Å². The van der Waals surface area contributed by atoms with Crippen LogP contribution in [0.1, 0.15) is 71.9 Å². The lowest BCUT2D eigenvalue weighted by Gasteiger charge is -2.45. The van der Waals surface area contributed by atoms with Gasteiger partial charge in [0.2, 0.25) is 0 Å². The molecule has 4 nitrogen and oxygen atoms in total. The van der Waals surface area contributed by atoms with E-state index in [1.807, 2.05) is 114 Å². The van der Waals surface area contributed by atoms with Crippen molar-refractivity contribution in [2.24, 2.45) is 0 Å². The van der Waals surface area contributed by atoms with Crippen LogP contribution in [0.4, 0.5) is 51.2 Å². The maximum absolute atomic E-state index is 10.1. The number of aromatic nitrogens is 1. The zero-order chi connectivity index (χ0) is 81.7. The summed E-state index contributed by atoms with van der Waals surface area (Å²) in [6, 6.07) is 86.5. The van der Waals surface area contributed by atoms with Gasteiger partial charge < -0.3 is 19.3 Å². The molecule has 103 heavy (non-hydrogen) atoms. The first-order valence-electron chi connectivity index (χ1n) is 41.9. The average Bonchev–Trinajstić information content (AvgIpc) is 0.723. The highest BCUT2D eigenvalue weighted by molar-refractivity contribution is 7.00. The van der Waals surface area contributed by atoms with Crippen molar-refractivity contribution < 1.29 is 19.2 Å². The van der Waals surface area contributed by atoms with E-state index in [4.69, 9.17) is 8.22 Å². The summed E-state index contributed by atoms with van der Waals surface area (Å²) in [6.07, 6.45) is 0. The molecule has 0 saturated heterocycles. The minimum absolute atomic E-state index is 0.0474. The number of anilines is 9. The van der Waals surface area contributed by atoms with Gasteiger partial charge in [0.05, 0.1) is 30.2 Å². The molecule has 2 aliphatic heterocycles. The molecule has 0 unspecified atom stereocenters. The summed E-state index contributed by atoms with van der Waals surface area (Å²) < 4.78 is 132. The maximum atomic E-state index is 10.1. The lowest BCUT2D eigenvalue weighted by Crippen LogP contribution is -2.61. The Labute approximate surface area is 625 Å². The van der Waals surface area contributed by atoms with Crippen molar-refractivity contribution in [2.45, 2.75) is 52.4 Å². The number of rotatable bonds is 12. The highest BCUT2D eigenvalue weighted by Crippen LogP contribution is 2.51. The fourth-order valence-corrected chi connectivity index (χ4v) is 15.2. The molecule has 18 rings (SSSR count). The highest BCUT2D eigenvalue weighted by Gasteiger charge is 2.45. The minimum Gasteiger partial charge on any atom is -0.311 e. The van der Waals surface area contributed by atoms with Crippen molar-refractivity contribution in [3.63, 3.8) is 0 Å². The van der Waals surface area contributed by atoms with E-state index in [-0.39, 0.29) is 57.2 Å². The Morgan fingerprint density at radius 2 is 0.718 bits per heavy atom. The van der Waals surface area contributed by atoms with Gasteiger partial charge in [0, 0.05) is 67.6 Å². The molecular formula is C98H77BN4. The second-order valence-electron chi connectivity index (χ2n) is 28.8. The molecule has 3 heterocycles. The van der Waals surface area contributed by atoms with Crippen LogP contribution in [-0.2, 0) is 10.8 Å². The molecule has 0 radical (unpaired) electrons. The summed E-state index contributed by atoms with van der Waals surface area (Å²) in [5, 5.41) is 0.592. The van der Waals surface area contributed by atoms with E-state index in [0.717, 1.165) is 106 Å². The maximum Gasteiger partial charge on any atom is 0.252 e. The van der Waals surface area contributed by atoms with Gasteiger partial charge in [0.1, 0.15) is 0 Å². The van der Waals surface area contributed by atoms with Gasteiger partial charge in [0.15, 0.2) is 0 Å². The van der Waals surface area contributed by atoms with E-state index in [0.29, 0.717) is 44.9 Å². The molecule has 0 fully saturated rings. The summed E-state index contributed by atoms with van der Waals surface area (Å²) >= 11 is 0. The molecule has 0 spiro atoms. The normalized spacial score (nSPS) is 14.4. The first-order chi connectivity index (χ1) is 56.1. The van der Waals surface area contributed by atoms with Crippen LogP contribution in [0.5, 0.6) is 0 Å². The molecule has 0 amide bonds. The van der Waals surface area contributed by atoms with E-state index in [9.17, 15) is 11.0 Å². The van der Waals surface area contributed by atoms with Gasteiger partial charge in [-0.15, -0.1) is 0 Å². The zero-order valence-corrected chi connectivity index (χ0v) is 57.8. The van der Waals surface area contributed by atoms with E-state index < -0.39 is 67.1 Å². The van der Waals surface area contributed by atoms with Crippen molar-refractivity contribution in [3.05, 3.63) is 369 Å². The van der Waals surface area contributed by atoms with Crippen LogP contribution < -0.4 is 31.1 Å². The van der Waals surface area contributed by atoms with Crippen LogP contribution in [0.2, 0.25) is 0 Å². The zero-order valence-electron chi connectivity index (χ0n) is 71.8. The predicted octanol–water partition coefficient (Wildman–Crippen LogP) is 24.9. The fourth-order valence-electron chi connectivity index (χ4n) is 15.2. The summed E-state index contributed by atoms with van der Waals surface area (Å²) in [4.78, 5) is 6.27. The Morgan fingerprint density at radius 3 is 1.23 bits per heavy atom. The van der Waals surface area contributed by atoms with Gasteiger partial charge >= 0.3 is 0 Å². The number of fused-ring (bicyclic) bond motifs is 7. The monoisotopic (exact) mass is 1330 g/mol. The highest BCUT2D eigenvalue weighted by atomic mass is 15.2. The molecule has 0 atom stereocenters. The molecule has 492 valence electrons. The predicted molar refractivity (Wildman–Crippen MR) is 440 cm³/mol. The van der Waals surface area contributed by atoms with Gasteiger partial charge in [-0.3, -0.25) is 0 Å². The van der Waals surface area contributed by atoms with E-state index in [1.165, 1.54) is 0 Å². The minimum atomic E-state index is -0.629. The lowest BCUT2D eigenvalue weighted by atomic mass is 9.33. The second kappa shape index (κ2) is 25.3. The summed E-state index contributed by atoms with van der Waals surface area (Å²) in [7, 11) is 0. The molecule has 0 N–H and O–H groups in total. The number of benzene rings is 15. The molecule has 5 heteroatoms. The average molecular weight is 1340 g/mol. The van der Waals surface area contributed by atoms with Gasteiger partial charge in [-0.1, -0.05) is 284 Å². The Kier molecular flexibility index (Phi) is 12.1. The third kappa shape index (κ3) is 11.4. The number of hydrogen-bond acceptors (Lipinski definition) is 3. The van der Waals surface area contributed by atoms with Crippen molar-refractivity contribution in [1.29, 1.82) is 0 Å². The summed E-state index contributed by atoms with van der Waals surface area (Å²) in [6.45, 7) is 12.8. The molecule has 0 aliphatic carbocycles. The smallest absolute Gasteiger partial charge is 0.252 e. The quantitative estimate of drug-likeness (QED) is 0.113. The number of para-hydroxylation sites is 3. The van der Waals surface area contributed by atoms with E-state index >= 15 is 0 Å². The Bertz CT molecular complexity index is 6580. The Morgan fingerprint density at radius 1 is 0.282 bits per heavy atom. The molecule has 15 aromatic carbocycles. The van der Waals surface area contributed by atoms with Crippen LogP contribution >= 0.6 is 0 Å². The third-order valence-corrected chi connectivity index (χ3v) is 20.2. The van der Waals surface area contributed by atoms with Gasteiger partial charge in [-0.25, -0.2) is 0 Å². The Balaban J connectivity index is 0.997. The van der Waals surface area contributed by atoms with Gasteiger partial charge in [-0.05, 0) is 220 Å². The molecule has 2 aliphatic rings. The van der Waals surface area contributed by atoms with E-state index in [1.54, 1.807) is 41.3 Å². The van der Waals surface area contributed by atoms with Crippen LogP contribution in [0.3, 0.4) is 0 Å². The first-order valence-corrected chi connectivity index (χ1v) is 34.9. The third-order valence-electron chi connectivity index (χ3n) is 20.2. The SMILES string of the molecule is [2H]c1c([2H])c([2H])c(-c2ccc3c(c2)N(c2cc(-c4ccccc4)cc(-c4ccccc4)c2)c2cc(-c4cc(C(C)(C)C)cc(C(C)(C)C)c4)cc4c2B3c2ccc(-n3c5ccc(N(c6ccccc6)c6c([2H])c([2H])c([2H])c([2H])c6[2H])cc5c5c([2H])c([2H])c([2H])c([2H])c53)cc2N4c2cc(-c3ccccc3)cc(-c3ccccc3)c2)c([2H])c1[2H]. The fraction of sp³-hybridized carbons (Fsp3) is 0.0816. The standard InChI is InChI=1S/C98H77BN4/c1-97(2,3)78-54-76(55-79(63-78)98(4,5)6)77-61-94-96-95(62-77)103(85-58-74(69-36-20-10-21-37-69)53-75(59-85)70-38-22-11-23-39-70)93-65-83(101-90-45-29-28-44-86(90)87-64-82(48-51-91(87)101)100(80-40-24-12-25-41-80)81-42-26-13-27-43-81)47-50-89(93)99(96)88-49-46-71(66-30-14-7-15-31-66)60-92(88)102(94)84-56-72(67-32-16-8-17-33-67)52-73(57-84)68-34-18-9-19-35-68/h7-65H,1-6H3/i7D,12D,14D,15D,24D,25D,28D,29D,30D,31D,40D,41D,44D,45D. The molecule has 0 saturated carbocycles. The summed E-state index contributed by atoms with van der Waals surface area (Å²) in [5.41, 5.74) is 20.7. The van der Waals surface area contributed by atoms with E-state index in [2.05, 4.69) is 179 Å². The Hall–Kier alpha value is -12.4. The largest absolute Gasteiger partial charge is 0.311 e. The van der Waals surface area contributed by atoms with Gasteiger partial charge in [-0.2, -0.15) is 0 Å². The van der Waals surface area contributed by atoms with Crippen molar-refractivity contribution in [2.75, 3.05) is 14.7 Å². The van der Waals surface area contributed by atoms with Gasteiger partial charge in [0.25, 0.3) is 6.71 Å². The molecule has 0 bridgehead atoms. The first kappa shape index (κ1) is 49.2. The van der Waals surface area contributed by atoms with Crippen LogP contribution in [-0.4, -0.2) is 11.3 Å². The van der Waals surface area contributed by atoms with Crippen LogP contribution in [0.15, 0.2) is 358 Å². The van der Waals surface area contributed by atoms with Crippen molar-refractivity contribution in [3.8, 4) is 72.4 Å². The molecular weight excluding hydrogens is 1240 g/mol. The van der Waals surface area contributed by atoms with Crippen LogP contribution in [0.25, 0.3) is 94.3 Å². The topological polar surface area (TPSA) is 14.7 Å². The van der Waals surface area contributed by atoms with Crippen molar-refractivity contribution in [1.82, 2.24) is 4.57 Å². The second-order valence-corrected chi connectivity index (χ2v) is 28.8.